The van der Waals surface area contributed by atoms with Crippen LogP contribution >= 0.6 is 0 Å². The summed E-state index contributed by atoms with van der Waals surface area (Å²) in [6.45, 7) is 0.883. The van der Waals surface area contributed by atoms with Crippen molar-refractivity contribution >= 4 is 35.1 Å². The third-order valence-electron chi connectivity index (χ3n) is 3.30. The molecule has 0 aromatic heterocycles. The second kappa shape index (κ2) is 8.43. The fourth-order valence-electron chi connectivity index (χ4n) is 2.13. The lowest BCUT2D eigenvalue weighted by atomic mass is 10.1. The van der Waals surface area contributed by atoms with Gasteiger partial charge in [0.15, 0.2) is 12.4 Å². The molecule has 0 unspecified atom stereocenters. The number of para-hydroxylation sites is 1. The Balaban J connectivity index is 1.92. The highest BCUT2D eigenvalue weighted by molar-refractivity contribution is 6.04. The number of hydrogen-bond acceptors (Lipinski definition) is 5. The smallest absolute Gasteiger partial charge is 0.338 e. The Kier molecular flexibility index (Phi) is 6.05. The van der Waals surface area contributed by atoms with Crippen LogP contribution in [0.25, 0.3) is 0 Å². The van der Waals surface area contributed by atoms with Gasteiger partial charge in [-0.1, -0.05) is 12.1 Å². The Morgan fingerprint density at radius 3 is 2.23 bits per heavy atom. The molecular formula is C18H17N3O5. The summed E-state index contributed by atoms with van der Waals surface area (Å²) in [4.78, 5) is 46.1. The minimum absolute atomic E-state index is 0.192. The van der Waals surface area contributed by atoms with Crippen molar-refractivity contribution in [3.05, 3.63) is 59.7 Å². The Morgan fingerprint density at radius 1 is 0.962 bits per heavy atom. The number of hydrogen-bond donors (Lipinski definition) is 3. The third kappa shape index (κ3) is 5.17. The van der Waals surface area contributed by atoms with Gasteiger partial charge in [0, 0.05) is 11.3 Å². The van der Waals surface area contributed by atoms with Crippen LogP contribution in [0.1, 0.15) is 27.6 Å². The number of ketones is 1. The molecule has 8 nitrogen and oxygen atoms in total. The summed E-state index contributed by atoms with van der Waals surface area (Å²) in [5.74, 6) is -1.47. The number of Topliss-reactive ketones (excluding diaryl/α,β-unsaturated/α-hetero) is 1. The predicted molar refractivity (Wildman–Crippen MR) is 95.0 cm³/mol. The summed E-state index contributed by atoms with van der Waals surface area (Å²) in [7, 11) is 0. The van der Waals surface area contributed by atoms with Gasteiger partial charge in [-0.2, -0.15) is 0 Å². The number of esters is 1. The van der Waals surface area contributed by atoms with Gasteiger partial charge >= 0.3 is 12.0 Å². The van der Waals surface area contributed by atoms with Crippen LogP contribution in [0.15, 0.2) is 48.5 Å². The van der Waals surface area contributed by atoms with E-state index >= 15 is 0 Å². The highest BCUT2D eigenvalue weighted by Crippen LogP contribution is 2.15. The fraction of sp³-hybridized carbons (Fsp3) is 0.111. The monoisotopic (exact) mass is 355 g/mol. The van der Waals surface area contributed by atoms with Gasteiger partial charge < -0.3 is 21.1 Å². The van der Waals surface area contributed by atoms with Crippen molar-refractivity contribution in [1.29, 1.82) is 0 Å². The highest BCUT2D eigenvalue weighted by Gasteiger charge is 2.13. The van der Waals surface area contributed by atoms with Crippen LogP contribution in [-0.2, 0) is 9.53 Å². The maximum Gasteiger partial charge on any atom is 0.338 e. The molecule has 3 amide bonds. The lowest BCUT2D eigenvalue weighted by molar-refractivity contribution is -0.119. The zero-order valence-electron chi connectivity index (χ0n) is 13.9. The van der Waals surface area contributed by atoms with Gasteiger partial charge in [-0.05, 0) is 43.3 Å². The van der Waals surface area contributed by atoms with Gasteiger partial charge in [0.2, 0.25) is 0 Å². The Labute approximate surface area is 149 Å². The first-order valence-electron chi connectivity index (χ1n) is 7.60. The van der Waals surface area contributed by atoms with Gasteiger partial charge in [-0.3, -0.25) is 9.59 Å². The second-order valence-corrected chi connectivity index (χ2v) is 5.29. The van der Waals surface area contributed by atoms with Gasteiger partial charge in [0.1, 0.15) is 0 Å². The number of amides is 3. The molecule has 2 aromatic carbocycles. The number of benzene rings is 2. The van der Waals surface area contributed by atoms with Gasteiger partial charge in [0.25, 0.3) is 5.91 Å². The molecule has 2 rings (SSSR count). The van der Waals surface area contributed by atoms with Crippen molar-refractivity contribution in [3.8, 4) is 0 Å². The lowest BCUT2D eigenvalue weighted by Gasteiger charge is -2.09. The van der Waals surface area contributed by atoms with E-state index in [0.717, 1.165) is 0 Å². The number of carbonyl (C=O) groups excluding carboxylic acids is 4. The lowest BCUT2D eigenvalue weighted by Crippen LogP contribution is -2.22. The van der Waals surface area contributed by atoms with Gasteiger partial charge in [-0.25, -0.2) is 9.59 Å². The van der Waals surface area contributed by atoms with Crippen molar-refractivity contribution < 1.29 is 23.9 Å². The predicted octanol–water partition coefficient (Wildman–Crippen LogP) is 2.18. The summed E-state index contributed by atoms with van der Waals surface area (Å²) in [5.41, 5.74) is 6.33. The van der Waals surface area contributed by atoms with Crippen molar-refractivity contribution in [1.82, 2.24) is 0 Å². The fourth-order valence-corrected chi connectivity index (χ4v) is 2.13. The first kappa shape index (κ1) is 18.7. The maximum absolute atomic E-state index is 11.9. The van der Waals surface area contributed by atoms with Crippen LogP contribution in [0.3, 0.4) is 0 Å². The Hall–Kier alpha value is -3.68. The number of anilines is 2. The summed E-state index contributed by atoms with van der Waals surface area (Å²) < 4.78 is 4.94. The summed E-state index contributed by atoms with van der Waals surface area (Å²) >= 11 is 0. The Morgan fingerprint density at radius 2 is 1.62 bits per heavy atom. The zero-order valence-corrected chi connectivity index (χ0v) is 13.9. The number of urea groups is 1. The van der Waals surface area contributed by atoms with E-state index in [-0.39, 0.29) is 11.3 Å². The molecule has 2 aromatic rings. The molecule has 0 radical (unpaired) electrons. The number of primary amides is 1. The summed E-state index contributed by atoms with van der Waals surface area (Å²) in [6, 6.07) is 11.6. The first-order chi connectivity index (χ1) is 12.4. The minimum Gasteiger partial charge on any atom is -0.452 e. The molecular weight excluding hydrogens is 338 g/mol. The van der Waals surface area contributed by atoms with E-state index in [1.807, 2.05) is 0 Å². The van der Waals surface area contributed by atoms with Crippen LogP contribution < -0.4 is 16.4 Å². The first-order valence-corrected chi connectivity index (χ1v) is 7.60. The van der Waals surface area contributed by atoms with E-state index in [1.165, 1.54) is 31.2 Å². The molecule has 0 saturated heterocycles. The number of nitrogens with two attached hydrogens (primary N) is 1. The molecule has 0 heterocycles. The second-order valence-electron chi connectivity index (χ2n) is 5.29. The number of ether oxygens (including phenoxy) is 1. The van der Waals surface area contributed by atoms with Gasteiger partial charge in [-0.15, -0.1) is 0 Å². The third-order valence-corrected chi connectivity index (χ3v) is 3.30. The van der Waals surface area contributed by atoms with Crippen molar-refractivity contribution in [2.24, 2.45) is 5.73 Å². The molecule has 0 aliphatic heterocycles. The molecule has 4 N–H and O–H groups in total. The Bertz CT molecular complexity index is 846. The van der Waals surface area contributed by atoms with Crippen LogP contribution in [0.2, 0.25) is 0 Å². The summed E-state index contributed by atoms with van der Waals surface area (Å²) in [5, 5.41) is 4.89. The number of rotatable bonds is 6. The number of nitrogens with one attached hydrogen (secondary N) is 2. The normalized spacial score (nSPS) is 9.88. The van der Waals surface area contributed by atoms with E-state index in [4.69, 9.17) is 10.5 Å². The van der Waals surface area contributed by atoms with E-state index in [9.17, 15) is 19.2 Å². The van der Waals surface area contributed by atoms with E-state index in [0.29, 0.717) is 16.9 Å². The van der Waals surface area contributed by atoms with Gasteiger partial charge in [0.05, 0.1) is 11.3 Å². The molecule has 0 aliphatic carbocycles. The molecule has 0 spiro atoms. The molecule has 0 aliphatic rings. The quantitative estimate of drug-likeness (QED) is 0.540. The van der Waals surface area contributed by atoms with Crippen LogP contribution in [-0.4, -0.2) is 30.3 Å². The maximum atomic E-state index is 11.9. The van der Waals surface area contributed by atoms with E-state index < -0.39 is 24.5 Å². The van der Waals surface area contributed by atoms with E-state index in [2.05, 4.69) is 10.6 Å². The average Bonchev–Trinajstić information content (AvgIpc) is 2.60. The summed E-state index contributed by atoms with van der Waals surface area (Å²) in [6.07, 6.45) is 0. The molecule has 134 valence electrons. The standard InChI is InChI=1S/C18H17N3O5/c1-11(22)14-4-2-3-5-15(14)21-16(23)10-26-17(24)12-6-8-13(9-7-12)20-18(19)25/h2-9H,10H2,1H3,(H,21,23)(H3,19,20,25). The van der Waals surface area contributed by atoms with Crippen LogP contribution in [0.4, 0.5) is 16.2 Å². The minimum atomic E-state index is -0.720. The molecule has 0 fully saturated rings. The van der Waals surface area contributed by atoms with Crippen molar-refractivity contribution in [3.63, 3.8) is 0 Å². The van der Waals surface area contributed by atoms with Crippen LogP contribution in [0, 0.1) is 0 Å². The molecule has 8 heteroatoms. The largest absolute Gasteiger partial charge is 0.452 e. The molecule has 0 atom stereocenters. The van der Waals surface area contributed by atoms with Crippen molar-refractivity contribution in [2.75, 3.05) is 17.2 Å². The molecule has 0 saturated carbocycles. The average molecular weight is 355 g/mol. The SMILES string of the molecule is CC(=O)c1ccccc1NC(=O)COC(=O)c1ccc(NC(N)=O)cc1. The van der Waals surface area contributed by atoms with E-state index in [1.54, 1.807) is 24.3 Å². The molecule has 0 bridgehead atoms. The molecule has 26 heavy (non-hydrogen) atoms. The topological polar surface area (TPSA) is 128 Å². The van der Waals surface area contributed by atoms with Crippen molar-refractivity contribution in [2.45, 2.75) is 6.92 Å². The van der Waals surface area contributed by atoms with Crippen LogP contribution in [0.5, 0.6) is 0 Å². The highest BCUT2D eigenvalue weighted by atomic mass is 16.5. The zero-order chi connectivity index (χ0) is 19.1. The number of carbonyl (C=O) groups is 4.